The van der Waals surface area contributed by atoms with E-state index in [2.05, 4.69) is 0 Å². The summed E-state index contributed by atoms with van der Waals surface area (Å²) in [5.41, 5.74) is 6.15. The van der Waals surface area contributed by atoms with Crippen LogP contribution in [0.25, 0.3) is 5.57 Å². The molecule has 0 fully saturated rings. The maximum absolute atomic E-state index is 13.8. The Hall–Kier alpha value is -2.96. The number of aryl methyl sites for hydroxylation is 4. The van der Waals surface area contributed by atoms with Gasteiger partial charge in [0.05, 0.1) is 24.5 Å². The van der Waals surface area contributed by atoms with Gasteiger partial charge >= 0.3 is 0 Å². The minimum absolute atomic E-state index is 0.300. The zero-order valence-corrected chi connectivity index (χ0v) is 19.8. The van der Waals surface area contributed by atoms with Crippen LogP contribution in [0.5, 0.6) is 0 Å². The van der Waals surface area contributed by atoms with E-state index in [1.165, 1.54) is 4.90 Å². The Morgan fingerprint density at radius 1 is 0.781 bits per heavy atom. The second-order valence-corrected chi connectivity index (χ2v) is 8.25. The summed E-state index contributed by atoms with van der Waals surface area (Å²) in [6.07, 6.45) is 0. The topological polar surface area (TPSA) is 59.1 Å². The molecule has 0 aliphatic carbocycles. The van der Waals surface area contributed by atoms with Crippen LogP contribution < -0.4 is 4.90 Å². The third kappa shape index (κ3) is 4.61. The number of hydrogen-bond acceptors (Lipinski definition) is 5. The van der Waals surface area contributed by atoms with E-state index < -0.39 is 0 Å². The van der Waals surface area contributed by atoms with Crippen molar-refractivity contribution in [2.75, 3.05) is 45.4 Å². The molecule has 0 bridgehead atoms. The lowest BCUT2D eigenvalue weighted by molar-refractivity contribution is -0.120. The zero-order valence-electron chi connectivity index (χ0n) is 19.8. The van der Waals surface area contributed by atoms with E-state index in [1.807, 2.05) is 69.0 Å². The normalized spacial score (nSPS) is 14.0. The van der Waals surface area contributed by atoms with Gasteiger partial charge in [-0.3, -0.25) is 9.59 Å². The predicted molar refractivity (Wildman–Crippen MR) is 127 cm³/mol. The van der Waals surface area contributed by atoms with Crippen molar-refractivity contribution in [3.8, 4) is 0 Å². The number of ether oxygens (including phenoxy) is 2. The van der Waals surface area contributed by atoms with Crippen LogP contribution in [0.1, 0.15) is 27.8 Å². The number of rotatable bonds is 9. The lowest BCUT2D eigenvalue weighted by Crippen LogP contribution is -2.38. The number of hydrogen-bond donors (Lipinski definition) is 0. The molecule has 6 nitrogen and oxygen atoms in total. The summed E-state index contributed by atoms with van der Waals surface area (Å²) >= 11 is 0. The molecule has 0 aromatic heterocycles. The van der Waals surface area contributed by atoms with Crippen molar-refractivity contribution in [1.29, 1.82) is 0 Å². The lowest BCUT2D eigenvalue weighted by atomic mass is 9.97. The second kappa shape index (κ2) is 10.1. The number of amides is 2. The highest BCUT2D eigenvalue weighted by Gasteiger charge is 2.43. The van der Waals surface area contributed by atoms with Gasteiger partial charge in [-0.15, -0.1) is 0 Å². The molecule has 1 aliphatic rings. The van der Waals surface area contributed by atoms with Gasteiger partial charge in [0.2, 0.25) is 0 Å². The number of nitrogens with zero attached hydrogens (tertiary/aromatic N) is 2. The highest BCUT2D eigenvalue weighted by Crippen LogP contribution is 2.37. The standard InChI is InChI=1S/C26H32N2O4/c1-17-8-10-21(20(4)15-17)23-24(27(11-13-31-5)12-14-32-6)26(30)28(25(23)29)22-16-18(2)7-9-19(22)3/h7-10,15-16H,11-14H2,1-6H3. The molecule has 0 saturated heterocycles. The van der Waals surface area contributed by atoms with Crippen molar-refractivity contribution >= 4 is 23.1 Å². The van der Waals surface area contributed by atoms with Gasteiger partial charge in [-0.25, -0.2) is 4.90 Å². The first kappa shape index (κ1) is 23.7. The molecule has 6 heteroatoms. The van der Waals surface area contributed by atoms with Crippen molar-refractivity contribution in [1.82, 2.24) is 4.90 Å². The average molecular weight is 437 g/mol. The summed E-state index contributed by atoms with van der Waals surface area (Å²) < 4.78 is 10.6. The van der Waals surface area contributed by atoms with Crippen molar-refractivity contribution in [3.63, 3.8) is 0 Å². The van der Waals surface area contributed by atoms with E-state index in [0.717, 1.165) is 27.8 Å². The van der Waals surface area contributed by atoms with Crippen molar-refractivity contribution < 1.29 is 19.1 Å². The summed E-state index contributed by atoms with van der Waals surface area (Å²) in [6.45, 7) is 9.66. The van der Waals surface area contributed by atoms with Gasteiger partial charge in [0.25, 0.3) is 11.8 Å². The molecule has 2 amide bonds. The highest BCUT2D eigenvalue weighted by atomic mass is 16.5. The third-order valence-corrected chi connectivity index (χ3v) is 5.76. The minimum atomic E-state index is -0.314. The molecule has 0 N–H and O–H groups in total. The van der Waals surface area contributed by atoms with Gasteiger partial charge in [0.15, 0.2) is 0 Å². The van der Waals surface area contributed by atoms with Crippen LogP contribution in [0.2, 0.25) is 0 Å². The fourth-order valence-corrected chi connectivity index (χ4v) is 4.07. The van der Waals surface area contributed by atoms with Crippen LogP contribution >= 0.6 is 0 Å². The fraction of sp³-hybridized carbons (Fsp3) is 0.385. The SMILES string of the molecule is COCCN(CCOC)C1=C(c2ccc(C)cc2C)C(=O)N(c2cc(C)ccc2C)C1=O. The van der Waals surface area contributed by atoms with Crippen molar-refractivity contribution in [3.05, 3.63) is 69.9 Å². The van der Waals surface area contributed by atoms with Crippen LogP contribution in [0.3, 0.4) is 0 Å². The van der Waals surface area contributed by atoms with Gasteiger partial charge in [-0.2, -0.15) is 0 Å². The van der Waals surface area contributed by atoms with Crippen LogP contribution in [-0.4, -0.2) is 57.2 Å². The average Bonchev–Trinajstić information content (AvgIpc) is 3.00. The first-order chi connectivity index (χ1) is 15.3. The summed E-state index contributed by atoms with van der Waals surface area (Å²) in [5.74, 6) is -0.614. The Kier molecular flexibility index (Phi) is 7.48. The van der Waals surface area contributed by atoms with Crippen LogP contribution in [0.4, 0.5) is 5.69 Å². The van der Waals surface area contributed by atoms with Gasteiger partial charge in [-0.05, 0) is 56.0 Å². The maximum atomic E-state index is 13.8. The quantitative estimate of drug-likeness (QED) is 0.560. The largest absolute Gasteiger partial charge is 0.383 e. The van der Waals surface area contributed by atoms with E-state index in [1.54, 1.807) is 14.2 Å². The van der Waals surface area contributed by atoms with Crippen LogP contribution in [0.15, 0.2) is 42.1 Å². The monoisotopic (exact) mass is 436 g/mol. The van der Waals surface area contributed by atoms with Gasteiger partial charge in [-0.1, -0.05) is 35.9 Å². The molecule has 170 valence electrons. The molecule has 0 spiro atoms. The molecule has 2 aromatic rings. The van der Waals surface area contributed by atoms with E-state index >= 15 is 0 Å². The molecular weight excluding hydrogens is 404 g/mol. The van der Waals surface area contributed by atoms with E-state index in [9.17, 15) is 9.59 Å². The lowest BCUT2D eigenvalue weighted by Gasteiger charge is -2.26. The zero-order chi connectivity index (χ0) is 23.4. The van der Waals surface area contributed by atoms with Crippen molar-refractivity contribution in [2.45, 2.75) is 27.7 Å². The number of imide groups is 1. The number of methoxy groups -OCH3 is 2. The molecular formula is C26H32N2O4. The number of carbonyl (C=O) groups is 2. The van der Waals surface area contributed by atoms with Gasteiger partial charge in [0.1, 0.15) is 5.70 Å². The minimum Gasteiger partial charge on any atom is -0.383 e. The van der Waals surface area contributed by atoms with Crippen LogP contribution in [-0.2, 0) is 19.1 Å². The highest BCUT2D eigenvalue weighted by molar-refractivity contribution is 6.45. The Labute approximate surface area is 190 Å². The van der Waals surface area contributed by atoms with Gasteiger partial charge in [0, 0.05) is 27.3 Å². The number of anilines is 1. The second-order valence-electron chi connectivity index (χ2n) is 8.25. The van der Waals surface area contributed by atoms with Crippen molar-refractivity contribution in [2.24, 2.45) is 0 Å². The van der Waals surface area contributed by atoms with Gasteiger partial charge < -0.3 is 14.4 Å². The molecule has 0 unspecified atom stereocenters. The fourth-order valence-electron chi connectivity index (χ4n) is 4.07. The molecule has 0 saturated carbocycles. The first-order valence-corrected chi connectivity index (χ1v) is 10.8. The molecule has 0 atom stereocenters. The Morgan fingerprint density at radius 3 is 1.97 bits per heavy atom. The third-order valence-electron chi connectivity index (χ3n) is 5.76. The van der Waals surface area contributed by atoms with E-state index in [-0.39, 0.29) is 11.8 Å². The van der Waals surface area contributed by atoms with Crippen LogP contribution in [0, 0.1) is 27.7 Å². The van der Waals surface area contributed by atoms with E-state index in [0.29, 0.717) is 43.3 Å². The van der Waals surface area contributed by atoms with E-state index in [4.69, 9.17) is 9.47 Å². The molecule has 32 heavy (non-hydrogen) atoms. The Bertz CT molecular complexity index is 1050. The molecule has 1 heterocycles. The number of benzene rings is 2. The summed E-state index contributed by atoms with van der Waals surface area (Å²) in [5, 5.41) is 0. The summed E-state index contributed by atoms with van der Waals surface area (Å²) in [4.78, 5) is 30.9. The molecule has 1 aliphatic heterocycles. The predicted octanol–water partition coefficient (Wildman–Crippen LogP) is 3.80. The molecule has 3 rings (SSSR count). The Balaban J connectivity index is 2.21. The Morgan fingerprint density at radius 2 is 1.38 bits per heavy atom. The smallest absolute Gasteiger partial charge is 0.282 e. The molecule has 0 radical (unpaired) electrons. The maximum Gasteiger partial charge on any atom is 0.282 e. The number of carbonyl (C=O) groups excluding carboxylic acids is 2. The first-order valence-electron chi connectivity index (χ1n) is 10.8. The summed E-state index contributed by atoms with van der Waals surface area (Å²) in [6, 6.07) is 11.7. The molecule has 2 aromatic carbocycles. The summed E-state index contributed by atoms with van der Waals surface area (Å²) in [7, 11) is 3.25.